The van der Waals surface area contributed by atoms with E-state index in [9.17, 15) is 14.7 Å². The van der Waals surface area contributed by atoms with Gasteiger partial charge in [0.1, 0.15) is 0 Å². The van der Waals surface area contributed by atoms with Crippen molar-refractivity contribution in [3.8, 4) is 23.0 Å². The van der Waals surface area contributed by atoms with Crippen LogP contribution in [-0.2, 0) is 9.53 Å². The molecule has 1 N–H and O–H groups in total. The van der Waals surface area contributed by atoms with E-state index in [1.54, 1.807) is 63.4 Å². The second-order valence-corrected chi connectivity index (χ2v) is 9.05. The van der Waals surface area contributed by atoms with Gasteiger partial charge >= 0.3 is 5.97 Å². The highest BCUT2D eigenvalue weighted by Gasteiger charge is 2.34. The molecule has 3 aromatic rings. The average Bonchev–Trinajstić information content (AvgIpc) is 3.19. The van der Waals surface area contributed by atoms with E-state index in [-0.39, 0.29) is 23.5 Å². The fraction of sp³-hybridized carbons (Fsp3) is 0.296. The van der Waals surface area contributed by atoms with Gasteiger partial charge in [0.2, 0.25) is 0 Å². The Morgan fingerprint density at radius 1 is 1.11 bits per heavy atom. The number of hydrogen-bond acceptors (Lipinski definition) is 9. The molecule has 0 fully saturated rings. The number of methoxy groups -OCH3 is 2. The van der Waals surface area contributed by atoms with Gasteiger partial charge in [0, 0.05) is 5.56 Å². The van der Waals surface area contributed by atoms with E-state index >= 15 is 0 Å². The van der Waals surface area contributed by atoms with Crippen LogP contribution < -0.4 is 29.1 Å². The first-order valence-electron chi connectivity index (χ1n) is 11.7. The van der Waals surface area contributed by atoms with Crippen LogP contribution in [0.25, 0.3) is 6.08 Å². The predicted octanol–water partition coefficient (Wildman–Crippen LogP) is 2.92. The van der Waals surface area contributed by atoms with Crippen molar-refractivity contribution in [2.75, 3.05) is 27.4 Å². The van der Waals surface area contributed by atoms with Crippen LogP contribution in [0.3, 0.4) is 0 Å². The van der Waals surface area contributed by atoms with Gasteiger partial charge in [-0.15, -0.1) is 0 Å². The number of ether oxygens (including phenoxy) is 4. The standard InChI is InChI=1S/C27H28N2O7S/c1-6-35-20-13-16(11-12-18(20)33-4)23-22(26(32)36-7-2)15(3)28-27-29(23)25(31)21(37-27)14-17-9-8-10-19(34-5)24(17)30/h8-14,23,30H,6-7H2,1-5H3/b21-14-/t23-/m1/s1. The quantitative estimate of drug-likeness (QED) is 0.452. The molecule has 0 unspecified atom stereocenters. The van der Waals surface area contributed by atoms with Crippen LogP contribution in [0, 0.1) is 0 Å². The Morgan fingerprint density at radius 2 is 1.86 bits per heavy atom. The number of hydrogen-bond donors (Lipinski definition) is 1. The summed E-state index contributed by atoms with van der Waals surface area (Å²) in [7, 11) is 3.00. The van der Waals surface area contributed by atoms with E-state index in [1.165, 1.54) is 11.7 Å². The number of benzene rings is 2. The number of phenolic OH excluding ortho intramolecular Hbond substituents is 1. The first-order chi connectivity index (χ1) is 17.8. The van der Waals surface area contributed by atoms with E-state index in [4.69, 9.17) is 18.9 Å². The molecule has 1 aromatic heterocycles. The van der Waals surface area contributed by atoms with Crippen LogP contribution in [0.4, 0.5) is 0 Å². The highest BCUT2D eigenvalue weighted by atomic mass is 32.1. The minimum atomic E-state index is -0.804. The summed E-state index contributed by atoms with van der Waals surface area (Å²) in [5.74, 6) is 0.685. The molecule has 37 heavy (non-hydrogen) atoms. The number of thiazole rings is 1. The first-order valence-corrected chi connectivity index (χ1v) is 12.5. The summed E-state index contributed by atoms with van der Waals surface area (Å²) in [4.78, 5) is 31.9. The van der Waals surface area contributed by atoms with Crippen molar-refractivity contribution in [3.05, 3.63) is 78.5 Å². The van der Waals surface area contributed by atoms with Gasteiger partial charge in [-0.05, 0) is 50.6 Å². The number of fused-ring (bicyclic) bond motifs is 1. The van der Waals surface area contributed by atoms with Crippen molar-refractivity contribution < 1.29 is 28.8 Å². The molecule has 0 bridgehead atoms. The molecule has 4 rings (SSSR count). The van der Waals surface area contributed by atoms with Crippen LogP contribution >= 0.6 is 11.3 Å². The number of carbonyl (C=O) groups excluding carboxylic acids is 1. The van der Waals surface area contributed by atoms with Crippen molar-refractivity contribution >= 4 is 23.4 Å². The van der Waals surface area contributed by atoms with Gasteiger partial charge in [-0.25, -0.2) is 9.79 Å². The van der Waals surface area contributed by atoms with Crippen molar-refractivity contribution in [3.63, 3.8) is 0 Å². The van der Waals surface area contributed by atoms with Gasteiger partial charge in [0.15, 0.2) is 27.8 Å². The number of nitrogens with zero attached hydrogens (tertiary/aromatic N) is 2. The fourth-order valence-electron chi connectivity index (χ4n) is 4.20. The zero-order chi connectivity index (χ0) is 26.7. The smallest absolute Gasteiger partial charge is 0.338 e. The highest BCUT2D eigenvalue weighted by Crippen LogP contribution is 2.36. The lowest BCUT2D eigenvalue weighted by Gasteiger charge is -2.25. The topological polar surface area (TPSA) is 109 Å². The second-order valence-electron chi connectivity index (χ2n) is 8.04. The third-order valence-electron chi connectivity index (χ3n) is 5.86. The van der Waals surface area contributed by atoms with Crippen LogP contribution in [0.2, 0.25) is 0 Å². The molecule has 1 aliphatic rings. The Morgan fingerprint density at radius 3 is 2.54 bits per heavy atom. The third-order valence-corrected chi connectivity index (χ3v) is 6.84. The lowest BCUT2D eigenvalue weighted by atomic mass is 9.95. The van der Waals surface area contributed by atoms with Gasteiger partial charge in [-0.1, -0.05) is 29.5 Å². The maximum absolute atomic E-state index is 13.8. The van der Waals surface area contributed by atoms with E-state index in [1.807, 2.05) is 6.92 Å². The van der Waals surface area contributed by atoms with Crippen LogP contribution in [-0.4, -0.2) is 43.1 Å². The number of rotatable bonds is 8. The second kappa shape index (κ2) is 10.9. The molecule has 0 saturated carbocycles. The van der Waals surface area contributed by atoms with Crippen molar-refractivity contribution in [2.24, 2.45) is 4.99 Å². The van der Waals surface area contributed by atoms with Crippen LogP contribution in [0.5, 0.6) is 23.0 Å². The number of carbonyl (C=O) groups is 1. The molecule has 1 aliphatic heterocycles. The molecule has 9 nitrogen and oxygen atoms in total. The number of para-hydroxylation sites is 1. The van der Waals surface area contributed by atoms with Gasteiger partial charge < -0.3 is 24.1 Å². The van der Waals surface area contributed by atoms with Gasteiger partial charge in [-0.3, -0.25) is 9.36 Å². The maximum atomic E-state index is 13.8. The molecule has 0 spiro atoms. The first kappa shape index (κ1) is 26.0. The zero-order valence-electron chi connectivity index (χ0n) is 21.2. The van der Waals surface area contributed by atoms with Gasteiger partial charge in [-0.2, -0.15) is 0 Å². The number of allylic oxidation sites excluding steroid dienone is 1. The summed E-state index contributed by atoms with van der Waals surface area (Å²) in [6.07, 6.45) is 1.59. The minimum absolute atomic E-state index is 0.0766. The van der Waals surface area contributed by atoms with Gasteiger partial charge in [0.05, 0.1) is 49.3 Å². The zero-order valence-corrected chi connectivity index (χ0v) is 22.0. The van der Waals surface area contributed by atoms with Gasteiger partial charge in [0.25, 0.3) is 5.56 Å². The van der Waals surface area contributed by atoms with Crippen molar-refractivity contribution in [1.29, 1.82) is 0 Å². The molecule has 1 atom stereocenters. The normalized spacial score (nSPS) is 15.2. The summed E-state index contributed by atoms with van der Waals surface area (Å²) in [6, 6.07) is 9.51. The lowest BCUT2D eigenvalue weighted by Crippen LogP contribution is -2.40. The van der Waals surface area contributed by atoms with Crippen molar-refractivity contribution in [1.82, 2.24) is 4.57 Å². The molecular formula is C27H28N2O7S. The highest BCUT2D eigenvalue weighted by molar-refractivity contribution is 7.07. The molecule has 2 heterocycles. The van der Waals surface area contributed by atoms with Crippen LogP contribution in [0.1, 0.15) is 37.9 Å². The number of esters is 1. The average molecular weight is 525 g/mol. The van der Waals surface area contributed by atoms with E-state index in [0.29, 0.717) is 50.0 Å². The summed E-state index contributed by atoms with van der Waals surface area (Å²) >= 11 is 1.16. The largest absolute Gasteiger partial charge is 0.504 e. The summed E-state index contributed by atoms with van der Waals surface area (Å²) in [5.41, 5.74) is 1.41. The minimum Gasteiger partial charge on any atom is -0.504 e. The Bertz CT molecular complexity index is 1550. The molecular weight excluding hydrogens is 496 g/mol. The molecule has 0 amide bonds. The molecule has 10 heteroatoms. The Kier molecular flexibility index (Phi) is 7.68. The molecule has 0 aliphatic carbocycles. The number of aromatic hydroxyl groups is 1. The number of phenols is 1. The van der Waals surface area contributed by atoms with Crippen molar-refractivity contribution in [2.45, 2.75) is 26.8 Å². The number of aromatic nitrogens is 1. The van der Waals surface area contributed by atoms with E-state index in [0.717, 1.165) is 11.3 Å². The SMILES string of the molecule is CCOC(=O)C1=C(C)N=c2s/c(=C\c3cccc(OC)c3O)c(=O)n2[C@@H]1c1ccc(OC)c(OCC)c1. The lowest BCUT2D eigenvalue weighted by molar-refractivity contribution is -0.139. The van der Waals surface area contributed by atoms with E-state index in [2.05, 4.69) is 4.99 Å². The Labute approximate surface area is 217 Å². The monoisotopic (exact) mass is 524 g/mol. The summed E-state index contributed by atoms with van der Waals surface area (Å²) in [5, 5.41) is 10.5. The predicted molar refractivity (Wildman–Crippen MR) is 139 cm³/mol. The Balaban J connectivity index is 1.98. The van der Waals surface area contributed by atoms with Crippen LogP contribution in [0.15, 0.2) is 57.5 Å². The third kappa shape index (κ3) is 4.84. The van der Waals surface area contributed by atoms with E-state index < -0.39 is 12.0 Å². The maximum Gasteiger partial charge on any atom is 0.338 e. The molecule has 2 aromatic carbocycles. The summed E-state index contributed by atoms with van der Waals surface area (Å²) < 4.78 is 23.5. The molecule has 0 radical (unpaired) electrons. The summed E-state index contributed by atoms with van der Waals surface area (Å²) in [6.45, 7) is 5.88. The fourth-order valence-corrected chi connectivity index (χ4v) is 5.24. The molecule has 0 saturated heterocycles. The Hall–Kier alpha value is -4.05. The molecule has 194 valence electrons.